The maximum atomic E-state index is 13.1. The molecule has 96 valence electrons. The summed E-state index contributed by atoms with van der Waals surface area (Å²) in [5.41, 5.74) is 0.816. The standard InChI is InChI=1S/C12H12F2N2O2/c1-2-18-12(17)3-4-16-7-15-10-5-8(13)9(14)6-11(10)16/h5-7H,2-4H2,1H3. The molecule has 0 atom stereocenters. The summed E-state index contributed by atoms with van der Waals surface area (Å²) >= 11 is 0. The molecule has 4 nitrogen and oxygen atoms in total. The van der Waals surface area contributed by atoms with E-state index in [0.29, 0.717) is 24.2 Å². The zero-order valence-corrected chi connectivity index (χ0v) is 9.82. The minimum atomic E-state index is -0.932. The van der Waals surface area contributed by atoms with E-state index in [1.807, 2.05) is 0 Å². The molecule has 0 radical (unpaired) electrons. The number of hydrogen-bond donors (Lipinski definition) is 0. The first-order valence-corrected chi connectivity index (χ1v) is 5.57. The Hall–Kier alpha value is -1.98. The summed E-state index contributed by atoms with van der Waals surface area (Å²) in [6.07, 6.45) is 1.61. The summed E-state index contributed by atoms with van der Waals surface area (Å²) in [6.45, 7) is 2.37. The monoisotopic (exact) mass is 254 g/mol. The third-order valence-corrected chi connectivity index (χ3v) is 2.53. The van der Waals surface area contributed by atoms with E-state index in [1.54, 1.807) is 11.5 Å². The molecule has 6 heteroatoms. The van der Waals surface area contributed by atoms with Crippen molar-refractivity contribution in [2.45, 2.75) is 19.9 Å². The number of ether oxygens (including phenoxy) is 1. The summed E-state index contributed by atoms with van der Waals surface area (Å²) in [6, 6.07) is 2.11. The molecule has 0 amide bonds. The van der Waals surface area contributed by atoms with Crippen molar-refractivity contribution in [1.82, 2.24) is 9.55 Å². The zero-order chi connectivity index (χ0) is 13.1. The number of nitrogens with zero attached hydrogens (tertiary/aromatic N) is 2. The first-order chi connectivity index (χ1) is 8.61. The molecule has 0 N–H and O–H groups in total. The van der Waals surface area contributed by atoms with Crippen LogP contribution in [-0.4, -0.2) is 22.1 Å². The Balaban J connectivity index is 2.19. The van der Waals surface area contributed by atoms with Gasteiger partial charge in [-0.25, -0.2) is 13.8 Å². The molecule has 0 spiro atoms. The van der Waals surface area contributed by atoms with Crippen LogP contribution < -0.4 is 0 Å². The highest BCUT2D eigenvalue weighted by Gasteiger charge is 2.10. The van der Waals surface area contributed by atoms with Crippen molar-refractivity contribution in [3.05, 3.63) is 30.1 Å². The lowest BCUT2D eigenvalue weighted by atomic mass is 10.3. The normalized spacial score (nSPS) is 10.8. The van der Waals surface area contributed by atoms with Gasteiger partial charge in [-0.05, 0) is 6.92 Å². The topological polar surface area (TPSA) is 44.1 Å². The van der Waals surface area contributed by atoms with Gasteiger partial charge in [-0.2, -0.15) is 0 Å². The van der Waals surface area contributed by atoms with Gasteiger partial charge in [-0.1, -0.05) is 0 Å². The fraction of sp³-hybridized carbons (Fsp3) is 0.333. The van der Waals surface area contributed by atoms with Gasteiger partial charge in [0.1, 0.15) is 0 Å². The van der Waals surface area contributed by atoms with Crippen molar-refractivity contribution in [2.24, 2.45) is 0 Å². The number of aryl methyl sites for hydroxylation is 1. The number of halogens is 2. The highest BCUT2D eigenvalue weighted by atomic mass is 19.2. The maximum absolute atomic E-state index is 13.1. The second-order valence-electron chi connectivity index (χ2n) is 3.75. The molecule has 18 heavy (non-hydrogen) atoms. The van der Waals surface area contributed by atoms with E-state index < -0.39 is 11.6 Å². The van der Waals surface area contributed by atoms with Gasteiger partial charge in [-0.15, -0.1) is 0 Å². The quantitative estimate of drug-likeness (QED) is 0.786. The van der Waals surface area contributed by atoms with Crippen LogP contribution in [0.25, 0.3) is 11.0 Å². The number of rotatable bonds is 4. The van der Waals surface area contributed by atoms with E-state index in [1.165, 1.54) is 6.33 Å². The zero-order valence-electron chi connectivity index (χ0n) is 9.82. The van der Waals surface area contributed by atoms with E-state index in [9.17, 15) is 13.6 Å². The third kappa shape index (κ3) is 2.47. The summed E-state index contributed by atoms with van der Waals surface area (Å²) in [5.74, 6) is -2.19. The molecular formula is C12H12F2N2O2. The average Bonchev–Trinajstić information content (AvgIpc) is 2.70. The first-order valence-electron chi connectivity index (χ1n) is 5.57. The molecule has 0 saturated heterocycles. The average molecular weight is 254 g/mol. The molecule has 1 aromatic carbocycles. The van der Waals surface area contributed by atoms with Gasteiger partial charge in [0.15, 0.2) is 11.6 Å². The van der Waals surface area contributed by atoms with Crippen LogP contribution in [0.3, 0.4) is 0 Å². The molecular weight excluding hydrogens is 242 g/mol. The minimum Gasteiger partial charge on any atom is -0.466 e. The van der Waals surface area contributed by atoms with Crippen LogP contribution in [0.4, 0.5) is 8.78 Å². The summed E-state index contributed by atoms with van der Waals surface area (Å²) in [7, 11) is 0. The second kappa shape index (κ2) is 5.12. The number of esters is 1. The molecule has 2 rings (SSSR count). The van der Waals surface area contributed by atoms with E-state index in [0.717, 1.165) is 12.1 Å². The van der Waals surface area contributed by atoms with Gasteiger partial charge in [0.2, 0.25) is 0 Å². The van der Waals surface area contributed by atoms with E-state index >= 15 is 0 Å². The molecule has 1 heterocycles. The Morgan fingerprint density at radius 1 is 1.39 bits per heavy atom. The lowest BCUT2D eigenvalue weighted by molar-refractivity contribution is -0.143. The maximum Gasteiger partial charge on any atom is 0.307 e. The predicted molar refractivity (Wildman–Crippen MR) is 60.9 cm³/mol. The van der Waals surface area contributed by atoms with Crippen molar-refractivity contribution in [3.8, 4) is 0 Å². The smallest absolute Gasteiger partial charge is 0.307 e. The minimum absolute atomic E-state index is 0.165. The number of carbonyl (C=O) groups excluding carboxylic acids is 1. The van der Waals surface area contributed by atoms with Crippen LogP contribution in [0.15, 0.2) is 18.5 Å². The molecule has 0 aliphatic rings. The Morgan fingerprint density at radius 3 is 2.83 bits per heavy atom. The van der Waals surface area contributed by atoms with Crippen molar-refractivity contribution >= 4 is 17.0 Å². The summed E-state index contributed by atoms with van der Waals surface area (Å²) < 4.78 is 32.5. The number of imidazole rings is 1. The number of benzene rings is 1. The number of hydrogen-bond acceptors (Lipinski definition) is 3. The largest absolute Gasteiger partial charge is 0.466 e. The molecule has 0 aliphatic carbocycles. The van der Waals surface area contributed by atoms with Gasteiger partial charge >= 0.3 is 5.97 Å². The van der Waals surface area contributed by atoms with E-state index in [2.05, 4.69) is 4.98 Å². The van der Waals surface area contributed by atoms with Gasteiger partial charge in [0.25, 0.3) is 0 Å². The van der Waals surface area contributed by atoms with Crippen LogP contribution in [0.2, 0.25) is 0 Å². The molecule has 0 aliphatic heterocycles. The van der Waals surface area contributed by atoms with Crippen molar-refractivity contribution in [3.63, 3.8) is 0 Å². The fourth-order valence-corrected chi connectivity index (χ4v) is 1.68. The van der Waals surface area contributed by atoms with Gasteiger partial charge in [-0.3, -0.25) is 4.79 Å². The lowest BCUT2D eigenvalue weighted by Crippen LogP contribution is -2.08. The molecule has 0 unspecified atom stereocenters. The van der Waals surface area contributed by atoms with Crippen LogP contribution in [0.5, 0.6) is 0 Å². The van der Waals surface area contributed by atoms with Gasteiger partial charge < -0.3 is 9.30 Å². The van der Waals surface area contributed by atoms with E-state index in [4.69, 9.17) is 4.74 Å². The Labute approximate surface area is 102 Å². The number of aromatic nitrogens is 2. The highest BCUT2D eigenvalue weighted by molar-refractivity contribution is 5.76. The van der Waals surface area contributed by atoms with Crippen molar-refractivity contribution in [2.75, 3.05) is 6.61 Å². The lowest BCUT2D eigenvalue weighted by Gasteiger charge is -2.04. The Morgan fingerprint density at radius 2 is 2.11 bits per heavy atom. The third-order valence-electron chi connectivity index (χ3n) is 2.53. The van der Waals surface area contributed by atoms with Crippen LogP contribution in [0.1, 0.15) is 13.3 Å². The molecule has 0 bridgehead atoms. The van der Waals surface area contributed by atoms with Crippen molar-refractivity contribution < 1.29 is 18.3 Å². The van der Waals surface area contributed by atoms with Crippen molar-refractivity contribution in [1.29, 1.82) is 0 Å². The number of fused-ring (bicyclic) bond motifs is 1. The number of carbonyl (C=O) groups is 1. The van der Waals surface area contributed by atoms with Crippen LogP contribution >= 0.6 is 0 Å². The Kier molecular flexibility index (Phi) is 3.55. The molecule has 1 aromatic heterocycles. The molecule has 2 aromatic rings. The summed E-state index contributed by atoms with van der Waals surface area (Å²) in [5, 5.41) is 0. The molecule has 0 saturated carbocycles. The highest BCUT2D eigenvalue weighted by Crippen LogP contribution is 2.17. The second-order valence-corrected chi connectivity index (χ2v) is 3.75. The SMILES string of the molecule is CCOC(=O)CCn1cnc2cc(F)c(F)cc21. The van der Waals surface area contributed by atoms with E-state index in [-0.39, 0.29) is 12.4 Å². The first kappa shape index (κ1) is 12.5. The van der Waals surface area contributed by atoms with Crippen LogP contribution in [-0.2, 0) is 16.1 Å². The Bertz CT molecular complexity index is 581. The van der Waals surface area contributed by atoms with Gasteiger partial charge in [0.05, 0.1) is 30.4 Å². The predicted octanol–water partition coefficient (Wildman–Crippen LogP) is 2.27. The van der Waals surface area contributed by atoms with Gasteiger partial charge in [0, 0.05) is 18.7 Å². The fourth-order valence-electron chi connectivity index (χ4n) is 1.68. The molecule has 0 fully saturated rings. The summed E-state index contributed by atoms with van der Waals surface area (Å²) in [4.78, 5) is 15.2. The van der Waals surface area contributed by atoms with Crippen LogP contribution in [0, 0.1) is 11.6 Å².